The zero-order valence-corrected chi connectivity index (χ0v) is 15.2. The molecule has 0 aliphatic carbocycles. The van der Waals surface area contributed by atoms with E-state index in [1.165, 1.54) is 23.8 Å². The molecule has 5 nitrogen and oxygen atoms in total. The predicted molar refractivity (Wildman–Crippen MR) is 102 cm³/mol. The quantitative estimate of drug-likeness (QED) is 0.823. The number of carbonyl (C=O) groups excluding carboxylic acids is 2. The normalized spacial score (nSPS) is 15.3. The fraction of sp³-hybridized carbons (Fsp3) is 0.333. The first-order valence-electron chi connectivity index (χ1n) is 9.19. The summed E-state index contributed by atoms with van der Waals surface area (Å²) < 4.78 is 13.1. The molecule has 1 aliphatic heterocycles. The number of hydrogen-bond donors (Lipinski definition) is 2. The van der Waals surface area contributed by atoms with Crippen LogP contribution in [0.15, 0.2) is 54.6 Å². The van der Waals surface area contributed by atoms with Gasteiger partial charge in [0.15, 0.2) is 0 Å². The molecular formula is C21H24FN3O2. The van der Waals surface area contributed by atoms with E-state index in [4.69, 9.17) is 0 Å². The van der Waals surface area contributed by atoms with Crippen molar-refractivity contribution in [1.29, 1.82) is 0 Å². The molecule has 2 amide bonds. The Hall–Kier alpha value is -2.73. The van der Waals surface area contributed by atoms with E-state index in [1.807, 2.05) is 18.2 Å². The average molecular weight is 369 g/mol. The Morgan fingerprint density at radius 3 is 2.48 bits per heavy atom. The van der Waals surface area contributed by atoms with Crippen molar-refractivity contribution >= 4 is 17.5 Å². The molecule has 1 fully saturated rings. The lowest BCUT2D eigenvalue weighted by atomic mass is 9.95. The Bertz CT molecular complexity index is 774. The summed E-state index contributed by atoms with van der Waals surface area (Å²) in [5.41, 5.74) is 1.65. The van der Waals surface area contributed by atoms with Crippen molar-refractivity contribution in [2.24, 2.45) is 5.92 Å². The summed E-state index contributed by atoms with van der Waals surface area (Å²) in [6.45, 7) is 2.51. The highest BCUT2D eigenvalue weighted by molar-refractivity contribution is 5.94. The standard InChI is InChI=1S/C21H24FN3O2/c22-18-7-4-8-19(13-18)24-20(26)14-23-21(27)17-9-11-25(12-10-17)15-16-5-2-1-3-6-16/h1-8,13,17H,9-12,14-15H2,(H,23,27)(H,24,26). The van der Waals surface area contributed by atoms with Crippen molar-refractivity contribution in [3.8, 4) is 0 Å². The number of rotatable bonds is 6. The summed E-state index contributed by atoms with van der Waals surface area (Å²) in [6, 6.07) is 16.0. The summed E-state index contributed by atoms with van der Waals surface area (Å²) in [5, 5.41) is 5.26. The molecular weight excluding hydrogens is 345 g/mol. The third-order valence-corrected chi connectivity index (χ3v) is 4.74. The van der Waals surface area contributed by atoms with Crippen molar-refractivity contribution in [2.75, 3.05) is 25.0 Å². The first-order chi connectivity index (χ1) is 13.1. The highest BCUT2D eigenvalue weighted by Crippen LogP contribution is 2.19. The molecule has 2 N–H and O–H groups in total. The molecule has 6 heteroatoms. The van der Waals surface area contributed by atoms with E-state index >= 15 is 0 Å². The summed E-state index contributed by atoms with van der Waals surface area (Å²) in [7, 11) is 0. The number of amides is 2. The molecule has 142 valence electrons. The zero-order chi connectivity index (χ0) is 19.1. The largest absolute Gasteiger partial charge is 0.347 e. The summed E-state index contributed by atoms with van der Waals surface area (Å²) in [5.74, 6) is -0.947. The monoisotopic (exact) mass is 369 g/mol. The lowest BCUT2D eigenvalue weighted by molar-refractivity contribution is -0.128. The minimum absolute atomic E-state index is 0.0704. The van der Waals surface area contributed by atoms with Crippen LogP contribution in [0.2, 0.25) is 0 Å². The van der Waals surface area contributed by atoms with Gasteiger partial charge in [-0.05, 0) is 49.7 Å². The zero-order valence-electron chi connectivity index (χ0n) is 15.2. The first kappa shape index (κ1) is 19.0. The Balaban J connectivity index is 1.38. The third-order valence-electron chi connectivity index (χ3n) is 4.74. The highest BCUT2D eigenvalue weighted by Gasteiger charge is 2.25. The Morgan fingerprint density at radius 2 is 1.78 bits per heavy atom. The number of piperidine rings is 1. The fourth-order valence-corrected chi connectivity index (χ4v) is 3.28. The molecule has 0 aromatic heterocycles. The highest BCUT2D eigenvalue weighted by atomic mass is 19.1. The van der Waals surface area contributed by atoms with Gasteiger partial charge in [0.25, 0.3) is 0 Å². The van der Waals surface area contributed by atoms with Crippen molar-refractivity contribution in [1.82, 2.24) is 10.2 Å². The van der Waals surface area contributed by atoms with Crippen LogP contribution in [0.4, 0.5) is 10.1 Å². The van der Waals surface area contributed by atoms with Gasteiger partial charge in [-0.3, -0.25) is 14.5 Å². The van der Waals surface area contributed by atoms with Gasteiger partial charge in [0.05, 0.1) is 6.54 Å². The van der Waals surface area contributed by atoms with Crippen LogP contribution in [-0.4, -0.2) is 36.3 Å². The van der Waals surface area contributed by atoms with Gasteiger partial charge in [-0.2, -0.15) is 0 Å². The molecule has 2 aromatic rings. The van der Waals surface area contributed by atoms with Crippen LogP contribution in [0.3, 0.4) is 0 Å². The minimum Gasteiger partial charge on any atom is -0.347 e. The molecule has 0 spiro atoms. The number of nitrogens with zero attached hydrogens (tertiary/aromatic N) is 1. The molecule has 2 aromatic carbocycles. The number of carbonyl (C=O) groups is 2. The maximum absolute atomic E-state index is 13.1. The molecule has 0 radical (unpaired) electrons. The van der Waals surface area contributed by atoms with Crippen molar-refractivity contribution < 1.29 is 14.0 Å². The maximum atomic E-state index is 13.1. The first-order valence-corrected chi connectivity index (χ1v) is 9.19. The average Bonchev–Trinajstić information content (AvgIpc) is 2.67. The van der Waals surface area contributed by atoms with Gasteiger partial charge in [0.2, 0.25) is 11.8 Å². The Morgan fingerprint density at radius 1 is 1.04 bits per heavy atom. The van der Waals surface area contributed by atoms with Gasteiger partial charge in [0, 0.05) is 18.2 Å². The Kier molecular flexibility index (Phi) is 6.54. The predicted octanol–water partition coefficient (Wildman–Crippen LogP) is 2.79. The van der Waals surface area contributed by atoms with Crippen LogP contribution < -0.4 is 10.6 Å². The second-order valence-corrected chi connectivity index (χ2v) is 6.81. The second kappa shape index (κ2) is 9.28. The van der Waals surface area contributed by atoms with E-state index in [2.05, 4.69) is 27.7 Å². The molecule has 1 aliphatic rings. The molecule has 0 bridgehead atoms. The van der Waals surface area contributed by atoms with Gasteiger partial charge in [0.1, 0.15) is 5.82 Å². The molecule has 1 heterocycles. The Labute approximate surface area is 158 Å². The number of hydrogen-bond acceptors (Lipinski definition) is 3. The van der Waals surface area contributed by atoms with Gasteiger partial charge in [-0.15, -0.1) is 0 Å². The van der Waals surface area contributed by atoms with Crippen LogP contribution in [0, 0.1) is 11.7 Å². The molecule has 0 unspecified atom stereocenters. The number of likely N-dealkylation sites (tertiary alicyclic amines) is 1. The molecule has 27 heavy (non-hydrogen) atoms. The van der Waals surface area contributed by atoms with E-state index in [0.29, 0.717) is 5.69 Å². The summed E-state index contributed by atoms with van der Waals surface area (Å²) in [6.07, 6.45) is 1.56. The van der Waals surface area contributed by atoms with Crippen LogP contribution in [0.5, 0.6) is 0 Å². The van der Waals surface area contributed by atoms with Gasteiger partial charge >= 0.3 is 0 Å². The lowest BCUT2D eigenvalue weighted by Crippen LogP contribution is -2.42. The third kappa shape index (κ3) is 5.89. The van der Waals surface area contributed by atoms with Crippen LogP contribution in [0.1, 0.15) is 18.4 Å². The van der Waals surface area contributed by atoms with Gasteiger partial charge in [-0.1, -0.05) is 36.4 Å². The van der Waals surface area contributed by atoms with E-state index in [0.717, 1.165) is 32.5 Å². The van der Waals surface area contributed by atoms with Crippen LogP contribution >= 0.6 is 0 Å². The molecule has 1 saturated heterocycles. The topological polar surface area (TPSA) is 61.4 Å². The summed E-state index contributed by atoms with van der Waals surface area (Å²) in [4.78, 5) is 26.6. The summed E-state index contributed by atoms with van der Waals surface area (Å²) >= 11 is 0. The van der Waals surface area contributed by atoms with E-state index in [1.54, 1.807) is 6.07 Å². The molecule has 0 saturated carbocycles. The lowest BCUT2D eigenvalue weighted by Gasteiger charge is -2.31. The number of benzene rings is 2. The second-order valence-electron chi connectivity index (χ2n) is 6.81. The van der Waals surface area contributed by atoms with Crippen molar-refractivity contribution in [3.63, 3.8) is 0 Å². The van der Waals surface area contributed by atoms with Crippen molar-refractivity contribution in [2.45, 2.75) is 19.4 Å². The van der Waals surface area contributed by atoms with E-state index in [-0.39, 0.29) is 24.3 Å². The number of nitrogens with one attached hydrogen (secondary N) is 2. The van der Waals surface area contributed by atoms with Gasteiger partial charge in [-0.25, -0.2) is 4.39 Å². The van der Waals surface area contributed by atoms with E-state index in [9.17, 15) is 14.0 Å². The number of anilines is 1. The van der Waals surface area contributed by atoms with Gasteiger partial charge < -0.3 is 10.6 Å². The van der Waals surface area contributed by atoms with Crippen molar-refractivity contribution in [3.05, 3.63) is 66.0 Å². The van der Waals surface area contributed by atoms with Crippen LogP contribution in [-0.2, 0) is 16.1 Å². The maximum Gasteiger partial charge on any atom is 0.243 e. The number of halogens is 1. The molecule has 0 atom stereocenters. The minimum atomic E-state index is -0.418. The molecule has 3 rings (SSSR count). The SMILES string of the molecule is O=C(CNC(=O)C1CCN(Cc2ccccc2)CC1)Nc1cccc(F)c1. The van der Waals surface area contributed by atoms with Crippen LogP contribution in [0.25, 0.3) is 0 Å². The smallest absolute Gasteiger partial charge is 0.243 e. The fourth-order valence-electron chi connectivity index (χ4n) is 3.28. The van der Waals surface area contributed by atoms with E-state index < -0.39 is 5.82 Å².